The van der Waals surface area contributed by atoms with Gasteiger partial charge in [-0.3, -0.25) is 14.8 Å². The molecule has 0 saturated heterocycles. The molecule has 2 aromatic carbocycles. The molecule has 3 N–H and O–H groups in total. The van der Waals surface area contributed by atoms with Gasteiger partial charge in [0.1, 0.15) is 23.0 Å². The molecule has 0 saturated carbocycles. The molecule has 0 amide bonds. The first-order chi connectivity index (χ1) is 14.2. The van der Waals surface area contributed by atoms with Crippen LogP contribution in [0.15, 0.2) is 46.4 Å². The van der Waals surface area contributed by atoms with Gasteiger partial charge < -0.3 is 24.8 Å². The number of phenolic OH excluding ortho intramolecular Hbond substituents is 2. The zero-order valence-corrected chi connectivity index (χ0v) is 19.4. The average molecular weight is 471 g/mol. The van der Waals surface area contributed by atoms with Gasteiger partial charge in [0.2, 0.25) is 0 Å². The number of rotatable bonds is 7. The van der Waals surface area contributed by atoms with E-state index in [4.69, 9.17) is 19.4 Å². The Bertz CT molecular complexity index is 855. The summed E-state index contributed by atoms with van der Waals surface area (Å²) in [6.07, 6.45) is 0. The fraction of sp³-hybridized carbons (Fsp3) is 0.318. The average Bonchev–Trinajstić information content (AvgIpc) is 2.70. The van der Waals surface area contributed by atoms with Crippen molar-refractivity contribution >= 4 is 17.4 Å². The van der Waals surface area contributed by atoms with Crippen LogP contribution in [-0.2, 0) is 21.9 Å². The summed E-state index contributed by atoms with van der Waals surface area (Å²) >= 11 is 0. The van der Waals surface area contributed by atoms with Gasteiger partial charge in [-0.25, -0.2) is 0 Å². The Labute approximate surface area is 192 Å². The van der Waals surface area contributed by atoms with E-state index in [1.807, 2.05) is 13.8 Å². The molecule has 31 heavy (non-hydrogen) atoms. The standard InChI is InChI=1S/C20H24N2O4.C2H4O2.Mn/c1-13(17-7-5-15(25-3)11-19(17)23)21-9-10-22-14(2)18-8-6-16(26-4)12-20(18)24;1-2(3)4;/h5-8,11-12,23-24H,9-10H2,1-4H3;1H3,(H,3,4);/q;;+2. The largest absolute Gasteiger partial charge is 2.00 e. The zero-order chi connectivity index (χ0) is 22.7. The number of aliphatic imine (C=N–C) groups is 2. The predicted molar refractivity (Wildman–Crippen MR) is 117 cm³/mol. The van der Waals surface area contributed by atoms with Gasteiger partial charge in [-0.2, -0.15) is 0 Å². The van der Waals surface area contributed by atoms with Crippen molar-refractivity contribution < 1.29 is 46.7 Å². The van der Waals surface area contributed by atoms with Crippen LogP contribution in [-0.4, -0.2) is 60.0 Å². The molecule has 0 bridgehead atoms. The smallest absolute Gasteiger partial charge is 0.507 e. The van der Waals surface area contributed by atoms with Crippen molar-refractivity contribution in [1.29, 1.82) is 0 Å². The topological polar surface area (TPSA) is 121 Å². The van der Waals surface area contributed by atoms with Gasteiger partial charge in [0.05, 0.1) is 27.3 Å². The number of carboxylic acids is 1. The SMILES string of the molecule is CC(=O)O.COc1ccc(C(C)=NCCN=C(C)c2ccc(OC)cc2O)c(O)c1.[Mn+2]. The minimum atomic E-state index is -0.833. The van der Waals surface area contributed by atoms with Crippen LogP contribution in [0.2, 0.25) is 0 Å². The number of nitrogens with zero attached hydrogens (tertiary/aromatic N) is 2. The monoisotopic (exact) mass is 471 g/mol. The molecule has 1 radical (unpaired) electrons. The van der Waals surface area contributed by atoms with Crippen LogP contribution in [0.4, 0.5) is 0 Å². The molecule has 8 nitrogen and oxygen atoms in total. The Morgan fingerprint density at radius 3 is 1.39 bits per heavy atom. The first-order valence-corrected chi connectivity index (χ1v) is 9.16. The summed E-state index contributed by atoms with van der Waals surface area (Å²) in [5.41, 5.74) is 2.79. The van der Waals surface area contributed by atoms with E-state index in [-0.39, 0.29) is 28.6 Å². The van der Waals surface area contributed by atoms with Gasteiger partial charge in [0, 0.05) is 41.6 Å². The summed E-state index contributed by atoms with van der Waals surface area (Å²) in [6.45, 7) is 5.72. The number of hydrogen-bond acceptors (Lipinski definition) is 7. The number of ether oxygens (including phenoxy) is 2. The maximum Gasteiger partial charge on any atom is 2.00 e. The summed E-state index contributed by atoms with van der Waals surface area (Å²) in [7, 11) is 3.10. The van der Waals surface area contributed by atoms with Crippen LogP contribution < -0.4 is 9.47 Å². The van der Waals surface area contributed by atoms with Crippen LogP contribution in [0.3, 0.4) is 0 Å². The van der Waals surface area contributed by atoms with Crippen LogP contribution in [0, 0.1) is 0 Å². The van der Waals surface area contributed by atoms with Crippen molar-refractivity contribution in [3.05, 3.63) is 47.5 Å². The molecular weight excluding hydrogens is 443 g/mol. The fourth-order valence-corrected chi connectivity index (χ4v) is 2.49. The summed E-state index contributed by atoms with van der Waals surface area (Å²) in [4.78, 5) is 17.9. The van der Waals surface area contributed by atoms with E-state index in [1.165, 1.54) is 0 Å². The maximum atomic E-state index is 10.0. The van der Waals surface area contributed by atoms with Crippen molar-refractivity contribution in [1.82, 2.24) is 0 Å². The second kappa shape index (κ2) is 14.1. The first kappa shape index (κ1) is 28.0. The number of phenols is 2. The second-order valence-electron chi connectivity index (χ2n) is 6.22. The molecule has 0 aliphatic carbocycles. The number of hydrogen-bond donors (Lipinski definition) is 3. The summed E-state index contributed by atoms with van der Waals surface area (Å²) < 4.78 is 10.1. The second-order valence-corrected chi connectivity index (χ2v) is 6.22. The number of methoxy groups -OCH3 is 2. The molecule has 0 atom stereocenters. The van der Waals surface area contributed by atoms with Crippen molar-refractivity contribution in [3.63, 3.8) is 0 Å². The van der Waals surface area contributed by atoms with Gasteiger partial charge in [-0.15, -0.1) is 0 Å². The normalized spacial score (nSPS) is 11.0. The maximum absolute atomic E-state index is 10.0. The first-order valence-electron chi connectivity index (χ1n) is 9.16. The molecule has 0 aliphatic rings. The van der Waals surface area contributed by atoms with Gasteiger partial charge in [0.15, 0.2) is 0 Å². The van der Waals surface area contributed by atoms with Crippen LogP contribution >= 0.6 is 0 Å². The van der Waals surface area contributed by atoms with Gasteiger partial charge in [-0.1, -0.05) is 0 Å². The molecule has 0 fully saturated rings. The molecule has 0 unspecified atom stereocenters. The molecule has 0 aromatic heterocycles. The van der Waals surface area contributed by atoms with Crippen LogP contribution in [0.5, 0.6) is 23.0 Å². The van der Waals surface area contributed by atoms with Crippen LogP contribution in [0.25, 0.3) is 0 Å². The zero-order valence-electron chi connectivity index (χ0n) is 18.2. The molecular formula is C22H28MnN2O6+2. The summed E-state index contributed by atoms with van der Waals surface area (Å²) in [6, 6.07) is 10.2. The number of aliphatic carboxylic acids is 1. The quantitative estimate of drug-likeness (QED) is 0.323. The van der Waals surface area contributed by atoms with Gasteiger partial charge in [0.25, 0.3) is 5.97 Å². The number of aromatic hydroxyl groups is 2. The van der Waals surface area contributed by atoms with E-state index in [1.54, 1.807) is 50.6 Å². The Morgan fingerprint density at radius 2 is 1.13 bits per heavy atom. The molecule has 0 heterocycles. The molecule has 0 spiro atoms. The molecule has 2 aromatic rings. The minimum Gasteiger partial charge on any atom is -0.507 e. The minimum absolute atomic E-state index is 0. The molecule has 9 heteroatoms. The van der Waals surface area contributed by atoms with E-state index in [0.717, 1.165) is 18.3 Å². The van der Waals surface area contributed by atoms with Crippen molar-refractivity contribution in [2.45, 2.75) is 20.8 Å². The van der Waals surface area contributed by atoms with E-state index < -0.39 is 5.97 Å². The summed E-state index contributed by atoms with van der Waals surface area (Å²) in [5, 5.41) is 27.5. The van der Waals surface area contributed by atoms with Crippen LogP contribution in [0.1, 0.15) is 31.9 Å². The molecule has 0 aliphatic heterocycles. The Hall–Kier alpha value is -3.03. The number of carboxylic acid groups (broad SMARTS) is 1. The molecule has 167 valence electrons. The van der Waals surface area contributed by atoms with E-state index >= 15 is 0 Å². The van der Waals surface area contributed by atoms with E-state index in [9.17, 15) is 10.2 Å². The third-order valence-electron chi connectivity index (χ3n) is 3.99. The third kappa shape index (κ3) is 9.55. The van der Waals surface area contributed by atoms with Gasteiger partial charge >= 0.3 is 17.1 Å². The predicted octanol–water partition coefficient (Wildman–Crippen LogP) is 3.52. The fourth-order valence-electron chi connectivity index (χ4n) is 2.49. The Kier molecular flexibility index (Phi) is 12.7. The Morgan fingerprint density at radius 1 is 0.806 bits per heavy atom. The number of carbonyl (C=O) groups is 1. The van der Waals surface area contributed by atoms with E-state index in [2.05, 4.69) is 9.98 Å². The molecule has 2 rings (SSSR count). The third-order valence-corrected chi connectivity index (χ3v) is 3.99. The van der Waals surface area contributed by atoms with Crippen molar-refractivity contribution in [2.24, 2.45) is 9.98 Å². The Balaban J connectivity index is 0.00000165. The van der Waals surface area contributed by atoms with E-state index in [0.29, 0.717) is 35.7 Å². The van der Waals surface area contributed by atoms with Crippen molar-refractivity contribution in [3.8, 4) is 23.0 Å². The summed E-state index contributed by atoms with van der Waals surface area (Å²) in [5.74, 6) is 0.624. The number of benzene rings is 2. The van der Waals surface area contributed by atoms with Gasteiger partial charge in [-0.05, 0) is 38.1 Å². The van der Waals surface area contributed by atoms with Crippen molar-refractivity contribution in [2.75, 3.05) is 27.3 Å².